The molecule has 1 aromatic rings. The number of nitrogens with zero attached hydrogens (tertiary/aromatic N) is 1. The van der Waals surface area contributed by atoms with E-state index in [2.05, 4.69) is 21.2 Å². The normalized spacial score (nSPS) is 19.2. The summed E-state index contributed by atoms with van der Waals surface area (Å²) < 4.78 is 6.11. The average molecular weight is 341 g/mol. The number of amides is 2. The second-order valence-electron chi connectivity index (χ2n) is 5.03. The van der Waals surface area contributed by atoms with Crippen LogP contribution in [0.15, 0.2) is 22.7 Å². The fraction of sp³-hybridized carbons (Fsp3) is 0.429. The SMILES string of the molecule is COc1ccc(Br)cc1N1CC(=O)NC(C(C)C)C1=O. The molecule has 1 heterocycles. The van der Waals surface area contributed by atoms with Gasteiger partial charge in [-0.3, -0.25) is 14.5 Å². The van der Waals surface area contributed by atoms with Crippen molar-refractivity contribution in [3.63, 3.8) is 0 Å². The standard InChI is InChI=1S/C14H17BrN2O3/c1-8(2)13-14(19)17(7-12(18)16-13)10-6-9(15)4-5-11(10)20-3/h4-6,8,13H,7H2,1-3H3,(H,16,18). The van der Waals surface area contributed by atoms with Crippen LogP contribution in [0.25, 0.3) is 0 Å². The van der Waals surface area contributed by atoms with Crippen LogP contribution < -0.4 is 15.0 Å². The largest absolute Gasteiger partial charge is 0.495 e. The molecule has 5 nitrogen and oxygen atoms in total. The second-order valence-corrected chi connectivity index (χ2v) is 5.95. The minimum Gasteiger partial charge on any atom is -0.495 e. The topological polar surface area (TPSA) is 58.6 Å². The molecule has 20 heavy (non-hydrogen) atoms. The summed E-state index contributed by atoms with van der Waals surface area (Å²) in [6.07, 6.45) is 0. The number of rotatable bonds is 3. The van der Waals surface area contributed by atoms with Gasteiger partial charge in [-0.1, -0.05) is 29.8 Å². The maximum absolute atomic E-state index is 12.5. The van der Waals surface area contributed by atoms with Crippen LogP contribution in [0.3, 0.4) is 0 Å². The third-order valence-electron chi connectivity index (χ3n) is 3.25. The Hall–Kier alpha value is -1.56. The van der Waals surface area contributed by atoms with Crippen LogP contribution in [0.4, 0.5) is 5.69 Å². The Morgan fingerprint density at radius 1 is 1.40 bits per heavy atom. The second kappa shape index (κ2) is 5.83. The van der Waals surface area contributed by atoms with Crippen molar-refractivity contribution in [1.29, 1.82) is 0 Å². The zero-order valence-corrected chi connectivity index (χ0v) is 13.2. The summed E-state index contributed by atoms with van der Waals surface area (Å²) in [5.74, 6) is 0.326. The van der Waals surface area contributed by atoms with Crippen LogP contribution in [0.5, 0.6) is 5.75 Å². The lowest BCUT2D eigenvalue weighted by molar-refractivity contribution is -0.132. The lowest BCUT2D eigenvalue weighted by Gasteiger charge is -2.35. The third-order valence-corrected chi connectivity index (χ3v) is 3.74. The number of anilines is 1. The number of halogens is 1. The van der Waals surface area contributed by atoms with Crippen molar-refractivity contribution in [3.05, 3.63) is 22.7 Å². The van der Waals surface area contributed by atoms with E-state index in [0.717, 1.165) is 4.47 Å². The maximum Gasteiger partial charge on any atom is 0.250 e. The van der Waals surface area contributed by atoms with Crippen molar-refractivity contribution >= 4 is 33.4 Å². The number of nitrogens with one attached hydrogen (secondary N) is 1. The quantitative estimate of drug-likeness (QED) is 0.914. The Kier molecular flexibility index (Phi) is 4.32. The molecule has 0 bridgehead atoms. The van der Waals surface area contributed by atoms with Crippen LogP contribution in [-0.2, 0) is 9.59 Å². The molecule has 1 aliphatic heterocycles. The molecule has 2 amide bonds. The summed E-state index contributed by atoms with van der Waals surface area (Å²) in [5.41, 5.74) is 0.604. The first-order chi connectivity index (χ1) is 9.43. The molecule has 0 radical (unpaired) electrons. The monoisotopic (exact) mass is 340 g/mol. The van der Waals surface area contributed by atoms with Gasteiger partial charge in [0.2, 0.25) is 11.8 Å². The van der Waals surface area contributed by atoms with Gasteiger partial charge in [-0.2, -0.15) is 0 Å². The summed E-state index contributed by atoms with van der Waals surface area (Å²) in [6.45, 7) is 3.82. The molecule has 1 aliphatic rings. The molecule has 1 saturated heterocycles. The van der Waals surface area contributed by atoms with Crippen LogP contribution in [0.2, 0.25) is 0 Å². The van der Waals surface area contributed by atoms with Gasteiger partial charge in [0.15, 0.2) is 0 Å². The van der Waals surface area contributed by atoms with E-state index in [1.165, 1.54) is 4.90 Å². The molecule has 1 unspecified atom stereocenters. The first kappa shape index (κ1) is 14.8. The number of benzene rings is 1. The van der Waals surface area contributed by atoms with Crippen LogP contribution in [-0.4, -0.2) is 31.5 Å². The van der Waals surface area contributed by atoms with Gasteiger partial charge in [0.25, 0.3) is 0 Å². The van der Waals surface area contributed by atoms with E-state index in [-0.39, 0.29) is 24.3 Å². The van der Waals surface area contributed by atoms with Crippen LogP contribution in [0, 0.1) is 5.92 Å². The summed E-state index contributed by atoms with van der Waals surface area (Å²) >= 11 is 3.38. The Morgan fingerprint density at radius 2 is 2.10 bits per heavy atom. The van der Waals surface area contributed by atoms with Gasteiger partial charge in [0.05, 0.1) is 12.8 Å². The highest BCUT2D eigenvalue weighted by atomic mass is 79.9. The summed E-state index contributed by atoms with van der Waals surface area (Å²) in [6, 6.07) is 4.88. The van der Waals surface area contributed by atoms with Gasteiger partial charge in [0, 0.05) is 4.47 Å². The summed E-state index contributed by atoms with van der Waals surface area (Å²) in [7, 11) is 1.54. The van der Waals surface area contributed by atoms with Crippen molar-refractivity contribution in [2.75, 3.05) is 18.6 Å². The number of hydrogen-bond acceptors (Lipinski definition) is 3. The minimum atomic E-state index is -0.500. The molecule has 0 spiro atoms. The van der Waals surface area contributed by atoms with Crippen molar-refractivity contribution in [1.82, 2.24) is 5.32 Å². The maximum atomic E-state index is 12.5. The van der Waals surface area contributed by atoms with E-state index in [9.17, 15) is 9.59 Å². The molecule has 0 aliphatic carbocycles. The fourth-order valence-electron chi connectivity index (χ4n) is 2.20. The lowest BCUT2D eigenvalue weighted by atomic mass is 10.00. The Balaban J connectivity index is 2.42. The first-order valence-electron chi connectivity index (χ1n) is 6.38. The molecule has 6 heteroatoms. The van der Waals surface area contributed by atoms with Crippen LogP contribution >= 0.6 is 15.9 Å². The highest BCUT2D eigenvalue weighted by Crippen LogP contribution is 2.33. The Labute approximate surface area is 126 Å². The summed E-state index contributed by atoms with van der Waals surface area (Å²) in [5, 5.41) is 2.73. The van der Waals surface area contributed by atoms with E-state index in [0.29, 0.717) is 11.4 Å². The number of carbonyl (C=O) groups excluding carboxylic acids is 2. The van der Waals surface area contributed by atoms with Gasteiger partial charge < -0.3 is 10.1 Å². The molecular formula is C14H17BrN2O3. The van der Waals surface area contributed by atoms with Crippen molar-refractivity contribution < 1.29 is 14.3 Å². The van der Waals surface area contributed by atoms with Gasteiger partial charge >= 0.3 is 0 Å². The van der Waals surface area contributed by atoms with Gasteiger partial charge in [-0.15, -0.1) is 0 Å². The molecule has 1 fully saturated rings. The predicted molar refractivity (Wildman–Crippen MR) is 79.8 cm³/mol. The molecule has 0 saturated carbocycles. The Bertz CT molecular complexity index is 545. The van der Waals surface area contributed by atoms with Crippen LogP contribution in [0.1, 0.15) is 13.8 Å². The van der Waals surface area contributed by atoms with E-state index in [4.69, 9.17) is 4.74 Å². The number of methoxy groups -OCH3 is 1. The highest BCUT2D eigenvalue weighted by Gasteiger charge is 2.36. The fourth-order valence-corrected chi connectivity index (χ4v) is 2.55. The zero-order valence-electron chi connectivity index (χ0n) is 11.6. The van der Waals surface area contributed by atoms with Gasteiger partial charge in [0.1, 0.15) is 18.3 Å². The smallest absolute Gasteiger partial charge is 0.250 e. The molecule has 0 aromatic heterocycles. The number of carbonyl (C=O) groups is 2. The number of hydrogen-bond donors (Lipinski definition) is 1. The molecule has 1 N–H and O–H groups in total. The van der Waals surface area contributed by atoms with E-state index in [1.807, 2.05) is 19.9 Å². The van der Waals surface area contributed by atoms with Crippen molar-refractivity contribution in [2.24, 2.45) is 5.92 Å². The van der Waals surface area contributed by atoms with Crippen molar-refractivity contribution in [3.8, 4) is 5.75 Å². The minimum absolute atomic E-state index is 0.00880. The van der Waals surface area contributed by atoms with E-state index in [1.54, 1.807) is 19.2 Å². The summed E-state index contributed by atoms with van der Waals surface area (Å²) in [4.78, 5) is 25.8. The number of piperazine rings is 1. The molecule has 108 valence electrons. The molecule has 2 rings (SSSR count). The van der Waals surface area contributed by atoms with Gasteiger partial charge in [-0.05, 0) is 24.1 Å². The predicted octanol–water partition coefficient (Wildman–Crippen LogP) is 1.95. The Morgan fingerprint density at radius 3 is 2.70 bits per heavy atom. The highest BCUT2D eigenvalue weighted by molar-refractivity contribution is 9.10. The van der Waals surface area contributed by atoms with E-state index < -0.39 is 6.04 Å². The zero-order chi connectivity index (χ0) is 14.9. The van der Waals surface area contributed by atoms with Crippen molar-refractivity contribution in [2.45, 2.75) is 19.9 Å². The first-order valence-corrected chi connectivity index (χ1v) is 7.17. The van der Waals surface area contributed by atoms with Gasteiger partial charge in [-0.25, -0.2) is 0 Å². The number of ether oxygens (including phenoxy) is 1. The molecule has 1 aromatic carbocycles. The third kappa shape index (κ3) is 2.80. The molecular weight excluding hydrogens is 324 g/mol. The average Bonchev–Trinajstić information content (AvgIpc) is 2.40. The molecule has 1 atom stereocenters. The van der Waals surface area contributed by atoms with E-state index >= 15 is 0 Å². The lowest BCUT2D eigenvalue weighted by Crippen LogP contribution is -2.60.